The Morgan fingerprint density at radius 1 is 0.562 bits per heavy atom. The molecule has 4 N–H and O–H groups in total. The van der Waals surface area contributed by atoms with Crippen LogP contribution in [0.4, 0.5) is 0 Å². The summed E-state index contributed by atoms with van der Waals surface area (Å²) in [6.07, 6.45) is 0. The van der Waals surface area contributed by atoms with E-state index >= 15 is 0 Å². The molecule has 84 valence electrons. The molecular weight excluding hydrogens is 208 g/mol. The smallest absolute Gasteiger partial charge is 0.157 e. The lowest BCUT2D eigenvalue weighted by atomic mass is 10.3. The first-order valence-electron chi connectivity index (χ1n) is 4.54. The highest BCUT2D eigenvalue weighted by Crippen LogP contribution is 2.21. The van der Waals surface area contributed by atoms with Crippen LogP contribution in [0.1, 0.15) is 0 Å². The minimum Gasteiger partial charge on any atom is -0.508 e. The second-order valence-electron chi connectivity index (χ2n) is 3.01. The molecule has 2 aromatic carbocycles. The zero-order chi connectivity index (χ0) is 12.0. The van der Waals surface area contributed by atoms with Gasteiger partial charge in [0, 0.05) is 6.07 Å². The van der Waals surface area contributed by atoms with Gasteiger partial charge in [-0.1, -0.05) is 18.2 Å². The first-order valence-corrected chi connectivity index (χ1v) is 4.54. The number of para-hydroxylation sites is 2. The molecule has 0 radical (unpaired) electrons. The van der Waals surface area contributed by atoms with Crippen LogP contribution in [0.15, 0.2) is 48.5 Å². The van der Waals surface area contributed by atoms with Crippen molar-refractivity contribution in [3.05, 3.63) is 48.5 Å². The third kappa shape index (κ3) is 3.79. The van der Waals surface area contributed by atoms with Gasteiger partial charge in [-0.3, -0.25) is 0 Å². The average Bonchev–Trinajstić information content (AvgIpc) is 2.23. The van der Waals surface area contributed by atoms with E-state index in [0.29, 0.717) is 0 Å². The summed E-state index contributed by atoms with van der Waals surface area (Å²) < 4.78 is 0. The van der Waals surface area contributed by atoms with E-state index in [4.69, 9.17) is 20.4 Å². The van der Waals surface area contributed by atoms with Crippen LogP contribution in [-0.4, -0.2) is 20.4 Å². The molecule has 0 spiro atoms. The number of hydrogen-bond donors (Lipinski definition) is 4. The number of phenols is 4. The van der Waals surface area contributed by atoms with Crippen molar-refractivity contribution in [2.75, 3.05) is 0 Å². The molecule has 0 amide bonds. The number of rotatable bonds is 0. The van der Waals surface area contributed by atoms with Crippen LogP contribution in [0.25, 0.3) is 0 Å². The molecule has 0 saturated heterocycles. The lowest BCUT2D eigenvalue weighted by Gasteiger charge is -1.91. The summed E-state index contributed by atoms with van der Waals surface area (Å²) in [5.41, 5.74) is 0. The fourth-order valence-electron chi connectivity index (χ4n) is 0.957. The van der Waals surface area contributed by atoms with Crippen LogP contribution in [0.5, 0.6) is 23.0 Å². The van der Waals surface area contributed by atoms with Crippen molar-refractivity contribution >= 4 is 0 Å². The Morgan fingerprint density at radius 3 is 1.25 bits per heavy atom. The molecule has 0 unspecified atom stereocenters. The molecule has 0 bridgehead atoms. The molecule has 0 aliphatic rings. The Kier molecular flexibility index (Phi) is 4.03. The molecule has 0 fully saturated rings. The van der Waals surface area contributed by atoms with Crippen molar-refractivity contribution in [2.45, 2.75) is 0 Å². The molecule has 0 heterocycles. The highest BCUT2D eigenvalue weighted by Gasteiger charge is 1.90. The maximum atomic E-state index is 8.67. The van der Waals surface area contributed by atoms with Gasteiger partial charge in [0.1, 0.15) is 11.5 Å². The maximum Gasteiger partial charge on any atom is 0.157 e. The third-order valence-corrected chi connectivity index (χ3v) is 1.71. The van der Waals surface area contributed by atoms with E-state index in [-0.39, 0.29) is 23.0 Å². The van der Waals surface area contributed by atoms with Gasteiger partial charge in [-0.25, -0.2) is 0 Å². The average molecular weight is 220 g/mol. The second-order valence-corrected chi connectivity index (χ2v) is 3.01. The first kappa shape index (κ1) is 11.7. The van der Waals surface area contributed by atoms with Gasteiger partial charge in [-0.2, -0.15) is 0 Å². The minimum atomic E-state index is -0.0764. The van der Waals surface area contributed by atoms with Crippen molar-refractivity contribution in [3.8, 4) is 23.0 Å². The highest BCUT2D eigenvalue weighted by atomic mass is 16.3. The largest absolute Gasteiger partial charge is 0.508 e. The number of benzene rings is 2. The Hall–Kier alpha value is -2.36. The Bertz CT molecular complexity index is 416. The Balaban J connectivity index is 0.000000160. The summed E-state index contributed by atoms with van der Waals surface area (Å²) in [5.74, 6) is 0.0231. The fourth-order valence-corrected chi connectivity index (χ4v) is 0.957. The van der Waals surface area contributed by atoms with Crippen LogP contribution in [0, 0.1) is 0 Å². The van der Waals surface area contributed by atoms with E-state index in [2.05, 4.69) is 0 Å². The Morgan fingerprint density at radius 2 is 1.00 bits per heavy atom. The molecule has 0 atom stereocenters. The van der Waals surface area contributed by atoms with E-state index in [9.17, 15) is 0 Å². The van der Waals surface area contributed by atoms with Crippen molar-refractivity contribution in [3.63, 3.8) is 0 Å². The number of hydrogen-bond acceptors (Lipinski definition) is 4. The zero-order valence-corrected chi connectivity index (χ0v) is 8.41. The predicted octanol–water partition coefficient (Wildman–Crippen LogP) is 2.20. The van der Waals surface area contributed by atoms with Crippen molar-refractivity contribution in [1.29, 1.82) is 0 Å². The highest BCUT2D eigenvalue weighted by molar-refractivity contribution is 5.36. The zero-order valence-electron chi connectivity index (χ0n) is 8.41. The minimum absolute atomic E-state index is 0.0764. The van der Waals surface area contributed by atoms with E-state index < -0.39 is 0 Å². The van der Waals surface area contributed by atoms with Gasteiger partial charge in [0.05, 0.1) is 0 Å². The molecule has 0 saturated carbocycles. The fraction of sp³-hybridized carbons (Fsp3) is 0. The standard InChI is InChI=1S/2C6H6O2/c7-5-2-1-3-6(8)4-5;7-5-3-1-2-4-6(5)8/h2*1-4,7-8H. The maximum absolute atomic E-state index is 8.67. The summed E-state index contributed by atoms with van der Waals surface area (Å²) in [5, 5.41) is 34.6. The normalized spacial score (nSPS) is 9.00. The topological polar surface area (TPSA) is 80.9 Å². The van der Waals surface area contributed by atoms with Crippen molar-refractivity contribution in [2.24, 2.45) is 0 Å². The predicted molar refractivity (Wildman–Crippen MR) is 59.5 cm³/mol. The summed E-state index contributed by atoms with van der Waals surface area (Å²) >= 11 is 0. The van der Waals surface area contributed by atoms with E-state index in [1.54, 1.807) is 18.2 Å². The van der Waals surface area contributed by atoms with Crippen molar-refractivity contribution in [1.82, 2.24) is 0 Å². The molecule has 0 aliphatic carbocycles. The summed E-state index contributed by atoms with van der Waals surface area (Å²) in [6.45, 7) is 0. The van der Waals surface area contributed by atoms with Gasteiger partial charge >= 0.3 is 0 Å². The molecule has 0 aliphatic heterocycles. The van der Waals surface area contributed by atoms with Crippen LogP contribution >= 0.6 is 0 Å². The summed E-state index contributed by atoms with van der Waals surface area (Å²) in [7, 11) is 0. The SMILES string of the molecule is Oc1cccc(O)c1.Oc1ccccc1O. The van der Waals surface area contributed by atoms with Gasteiger partial charge in [0.25, 0.3) is 0 Å². The summed E-state index contributed by atoms with van der Waals surface area (Å²) in [6, 6.07) is 12.0. The van der Waals surface area contributed by atoms with E-state index in [1.165, 1.54) is 30.3 Å². The third-order valence-electron chi connectivity index (χ3n) is 1.71. The van der Waals surface area contributed by atoms with Crippen LogP contribution in [0.3, 0.4) is 0 Å². The quantitative estimate of drug-likeness (QED) is 0.513. The summed E-state index contributed by atoms with van der Waals surface area (Å²) in [4.78, 5) is 0. The monoisotopic (exact) mass is 220 g/mol. The van der Waals surface area contributed by atoms with Gasteiger partial charge < -0.3 is 20.4 Å². The van der Waals surface area contributed by atoms with E-state index in [0.717, 1.165) is 0 Å². The molecule has 4 nitrogen and oxygen atoms in total. The second kappa shape index (κ2) is 5.50. The van der Waals surface area contributed by atoms with Gasteiger partial charge in [-0.05, 0) is 24.3 Å². The van der Waals surface area contributed by atoms with Gasteiger partial charge in [0.2, 0.25) is 0 Å². The number of aromatic hydroxyl groups is 4. The first-order chi connectivity index (χ1) is 7.59. The lowest BCUT2D eigenvalue weighted by Crippen LogP contribution is -1.63. The number of phenolic OH excluding ortho intramolecular Hbond substituents is 4. The molecular formula is C12H12O4. The Labute approximate surface area is 92.7 Å². The molecule has 16 heavy (non-hydrogen) atoms. The van der Waals surface area contributed by atoms with Crippen molar-refractivity contribution < 1.29 is 20.4 Å². The molecule has 0 aromatic heterocycles. The van der Waals surface area contributed by atoms with Gasteiger partial charge in [-0.15, -0.1) is 0 Å². The van der Waals surface area contributed by atoms with Crippen LogP contribution < -0.4 is 0 Å². The molecule has 2 rings (SSSR count). The molecule has 2 aromatic rings. The van der Waals surface area contributed by atoms with Crippen LogP contribution in [-0.2, 0) is 0 Å². The lowest BCUT2D eigenvalue weighted by molar-refractivity contribution is 0.404. The van der Waals surface area contributed by atoms with Crippen LogP contribution in [0.2, 0.25) is 0 Å². The molecule has 4 heteroatoms. The van der Waals surface area contributed by atoms with Gasteiger partial charge in [0.15, 0.2) is 11.5 Å². The van der Waals surface area contributed by atoms with E-state index in [1.807, 2.05) is 0 Å².